The summed E-state index contributed by atoms with van der Waals surface area (Å²) >= 11 is 0. The van der Waals surface area contributed by atoms with E-state index in [1.807, 2.05) is 18.2 Å². The van der Waals surface area contributed by atoms with Crippen LogP contribution < -0.4 is 20.1 Å². The van der Waals surface area contributed by atoms with Gasteiger partial charge < -0.3 is 24.8 Å². The molecule has 0 atom stereocenters. The van der Waals surface area contributed by atoms with Crippen LogP contribution in [0, 0.1) is 0 Å². The van der Waals surface area contributed by atoms with Gasteiger partial charge in [-0.25, -0.2) is 0 Å². The Bertz CT molecular complexity index is 839. The molecule has 2 aliphatic heterocycles. The Kier molecular flexibility index (Phi) is 8.59. The van der Waals surface area contributed by atoms with Crippen LogP contribution in [0.15, 0.2) is 47.5 Å². The molecule has 1 fully saturated rings. The van der Waals surface area contributed by atoms with Gasteiger partial charge >= 0.3 is 0 Å². The van der Waals surface area contributed by atoms with Crippen LogP contribution in [0.5, 0.6) is 11.5 Å². The first kappa shape index (κ1) is 22.6. The molecule has 0 amide bonds. The number of ether oxygens (including phenoxy) is 3. The van der Waals surface area contributed by atoms with Crippen LogP contribution in [-0.2, 0) is 24.4 Å². The molecule has 162 valence electrons. The molecule has 0 aromatic heterocycles. The standard InChI is InChI=1S/C22H28N4O3.HI/c1-23-22(25-14-19-6-7-20-21(12-19)29-16-28-20)24-13-17-2-4-18(5-3-17)15-26-8-10-27-11-9-26;/h2-7,12H,8-11,13-16H2,1H3,(H2,23,24,25);1H. The molecule has 2 aliphatic rings. The Balaban J connectivity index is 0.00000256. The van der Waals surface area contributed by atoms with Crippen molar-refractivity contribution in [1.82, 2.24) is 15.5 Å². The van der Waals surface area contributed by atoms with E-state index in [0.29, 0.717) is 13.3 Å². The minimum absolute atomic E-state index is 0. The van der Waals surface area contributed by atoms with E-state index in [4.69, 9.17) is 14.2 Å². The van der Waals surface area contributed by atoms with Gasteiger partial charge in [-0.15, -0.1) is 24.0 Å². The average Bonchev–Trinajstić information content (AvgIpc) is 3.24. The lowest BCUT2D eigenvalue weighted by molar-refractivity contribution is 0.0342. The molecule has 0 spiro atoms. The quantitative estimate of drug-likeness (QED) is 0.344. The molecular weight excluding hydrogens is 495 g/mol. The van der Waals surface area contributed by atoms with Crippen molar-refractivity contribution >= 4 is 29.9 Å². The van der Waals surface area contributed by atoms with E-state index in [-0.39, 0.29) is 24.0 Å². The van der Waals surface area contributed by atoms with Crippen LogP contribution in [0.2, 0.25) is 0 Å². The summed E-state index contributed by atoms with van der Waals surface area (Å²) in [6.45, 7) is 6.34. The highest BCUT2D eigenvalue weighted by atomic mass is 127. The van der Waals surface area contributed by atoms with Gasteiger partial charge in [-0.3, -0.25) is 9.89 Å². The maximum absolute atomic E-state index is 5.43. The highest BCUT2D eigenvalue weighted by molar-refractivity contribution is 14.0. The first-order valence-corrected chi connectivity index (χ1v) is 10.0. The number of morpholine rings is 1. The second-order valence-electron chi connectivity index (χ2n) is 7.17. The molecule has 7 nitrogen and oxygen atoms in total. The molecule has 1 saturated heterocycles. The predicted molar refractivity (Wildman–Crippen MR) is 128 cm³/mol. The van der Waals surface area contributed by atoms with Gasteiger partial charge in [0, 0.05) is 39.8 Å². The second kappa shape index (κ2) is 11.4. The van der Waals surface area contributed by atoms with E-state index in [2.05, 4.69) is 44.8 Å². The molecule has 8 heteroatoms. The van der Waals surface area contributed by atoms with Gasteiger partial charge in [-0.2, -0.15) is 0 Å². The lowest BCUT2D eigenvalue weighted by atomic mass is 10.1. The highest BCUT2D eigenvalue weighted by Gasteiger charge is 2.13. The fraction of sp³-hybridized carbons (Fsp3) is 0.409. The summed E-state index contributed by atoms with van der Waals surface area (Å²) in [7, 11) is 1.78. The number of fused-ring (bicyclic) bond motifs is 1. The number of hydrogen-bond acceptors (Lipinski definition) is 5. The Morgan fingerprint density at radius 2 is 1.53 bits per heavy atom. The third kappa shape index (κ3) is 6.23. The van der Waals surface area contributed by atoms with E-state index in [9.17, 15) is 0 Å². The van der Waals surface area contributed by atoms with Crippen LogP contribution in [0.25, 0.3) is 0 Å². The zero-order valence-corrected chi connectivity index (χ0v) is 19.6. The number of guanidine groups is 1. The summed E-state index contributed by atoms with van der Waals surface area (Å²) in [5, 5.41) is 6.70. The van der Waals surface area contributed by atoms with Crippen LogP contribution in [0.1, 0.15) is 16.7 Å². The molecule has 2 aromatic rings. The van der Waals surface area contributed by atoms with E-state index in [1.54, 1.807) is 7.05 Å². The van der Waals surface area contributed by atoms with Crippen molar-refractivity contribution in [2.45, 2.75) is 19.6 Å². The SMILES string of the molecule is CN=C(NCc1ccc(CN2CCOCC2)cc1)NCc1ccc2c(c1)OCO2.I. The third-order valence-electron chi connectivity index (χ3n) is 5.11. The molecule has 0 radical (unpaired) electrons. The number of nitrogens with one attached hydrogen (secondary N) is 2. The number of nitrogens with zero attached hydrogens (tertiary/aromatic N) is 2. The van der Waals surface area contributed by atoms with Crippen molar-refractivity contribution in [3.63, 3.8) is 0 Å². The molecule has 2 aromatic carbocycles. The number of halogens is 1. The van der Waals surface area contributed by atoms with E-state index >= 15 is 0 Å². The third-order valence-corrected chi connectivity index (χ3v) is 5.11. The van der Waals surface area contributed by atoms with Gasteiger partial charge in [-0.05, 0) is 28.8 Å². The molecule has 2 N–H and O–H groups in total. The molecule has 30 heavy (non-hydrogen) atoms. The topological polar surface area (TPSA) is 67.4 Å². The van der Waals surface area contributed by atoms with Gasteiger partial charge in [0.05, 0.1) is 13.2 Å². The lowest BCUT2D eigenvalue weighted by Gasteiger charge is -2.26. The van der Waals surface area contributed by atoms with Crippen LogP contribution in [0.3, 0.4) is 0 Å². The molecule has 4 rings (SSSR count). The van der Waals surface area contributed by atoms with E-state index in [1.165, 1.54) is 11.1 Å². The zero-order valence-electron chi connectivity index (χ0n) is 17.2. The summed E-state index contributed by atoms with van der Waals surface area (Å²) in [6.07, 6.45) is 0. The van der Waals surface area contributed by atoms with Gasteiger partial charge in [0.2, 0.25) is 6.79 Å². The molecule has 0 aliphatic carbocycles. The normalized spacial score (nSPS) is 16.1. The van der Waals surface area contributed by atoms with Gasteiger partial charge in [0.25, 0.3) is 0 Å². The van der Waals surface area contributed by atoms with Crippen molar-refractivity contribution in [2.24, 2.45) is 4.99 Å². The summed E-state index contributed by atoms with van der Waals surface area (Å²) in [4.78, 5) is 6.73. The fourth-order valence-corrected chi connectivity index (χ4v) is 3.42. The Morgan fingerprint density at radius 3 is 2.27 bits per heavy atom. The van der Waals surface area contributed by atoms with Crippen LogP contribution >= 0.6 is 24.0 Å². The Morgan fingerprint density at radius 1 is 0.900 bits per heavy atom. The minimum atomic E-state index is 0. The van der Waals surface area contributed by atoms with E-state index < -0.39 is 0 Å². The number of hydrogen-bond donors (Lipinski definition) is 2. The zero-order chi connectivity index (χ0) is 19.9. The van der Waals surface area contributed by atoms with Crippen LogP contribution in [-0.4, -0.2) is 51.0 Å². The van der Waals surface area contributed by atoms with Crippen molar-refractivity contribution < 1.29 is 14.2 Å². The first-order chi connectivity index (χ1) is 14.3. The van der Waals surface area contributed by atoms with Gasteiger partial charge in [-0.1, -0.05) is 30.3 Å². The van der Waals surface area contributed by atoms with Crippen molar-refractivity contribution in [3.8, 4) is 11.5 Å². The van der Waals surface area contributed by atoms with Crippen molar-refractivity contribution in [3.05, 3.63) is 59.2 Å². The van der Waals surface area contributed by atoms with E-state index in [0.717, 1.165) is 62.4 Å². The van der Waals surface area contributed by atoms with Crippen molar-refractivity contribution in [2.75, 3.05) is 40.1 Å². The predicted octanol–water partition coefficient (Wildman–Crippen LogP) is 2.73. The maximum Gasteiger partial charge on any atom is 0.231 e. The second-order valence-corrected chi connectivity index (χ2v) is 7.17. The number of benzene rings is 2. The molecule has 0 saturated carbocycles. The van der Waals surface area contributed by atoms with Crippen molar-refractivity contribution in [1.29, 1.82) is 0 Å². The Labute approximate surface area is 194 Å². The molecular formula is C22H29IN4O3. The Hall–Kier alpha value is -2.04. The first-order valence-electron chi connectivity index (χ1n) is 10.0. The van der Waals surface area contributed by atoms with Crippen LogP contribution in [0.4, 0.5) is 0 Å². The number of aliphatic imine (C=N–C) groups is 1. The highest BCUT2D eigenvalue weighted by Crippen LogP contribution is 2.32. The smallest absolute Gasteiger partial charge is 0.231 e. The number of rotatable bonds is 6. The minimum Gasteiger partial charge on any atom is -0.454 e. The average molecular weight is 524 g/mol. The fourth-order valence-electron chi connectivity index (χ4n) is 3.42. The summed E-state index contributed by atoms with van der Waals surface area (Å²) in [5.74, 6) is 2.36. The van der Waals surface area contributed by atoms with Gasteiger partial charge in [0.15, 0.2) is 17.5 Å². The molecule has 2 heterocycles. The largest absolute Gasteiger partial charge is 0.454 e. The lowest BCUT2D eigenvalue weighted by Crippen LogP contribution is -2.36. The summed E-state index contributed by atoms with van der Waals surface area (Å²) < 4.78 is 16.2. The summed E-state index contributed by atoms with van der Waals surface area (Å²) in [6, 6.07) is 14.7. The van der Waals surface area contributed by atoms with Gasteiger partial charge in [0.1, 0.15) is 0 Å². The maximum atomic E-state index is 5.43. The molecule has 0 unspecified atom stereocenters. The monoisotopic (exact) mass is 524 g/mol. The molecule has 0 bridgehead atoms. The summed E-state index contributed by atoms with van der Waals surface area (Å²) in [5.41, 5.74) is 3.67.